The Morgan fingerprint density at radius 2 is 1.66 bits per heavy atom. The highest BCUT2D eigenvalue weighted by Gasteiger charge is 2.46. The van der Waals surface area contributed by atoms with Crippen molar-refractivity contribution < 1.29 is 29.0 Å². The fourth-order valence-corrected chi connectivity index (χ4v) is 5.07. The number of methoxy groups -OCH3 is 1. The molecule has 0 aromatic heterocycles. The number of carboxylic acids is 1. The number of aliphatic carboxylic acids is 1. The van der Waals surface area contributed by atoms with Crippen molar-refractivity contribution in [3.05, 3.63) is 59.7 Å². The molecule has 8 heteroatoms. The Labute approximate surface area is 205 Å². The lowest BCUT2D eigenvalue weighted by molar-refractivity contribution is -0.154. The van der Waals surface area contributed by atoms with Crippen LogP contribution in [0.25, 0.3) is 11.1 Å². The van der Waals surface area contributed by atoms with Gasteiger partial charge < -0.3 is 25.2 Å². The Morgan fingerprint density at radius 3 is 2.14 bits per heavy atom. The first-order valence-electron chi connectivity index (χ1n) is 12.0. The van der Waals surface area contributed by atoms with Gasteiger partial charge in [0.1, 0.15) is 12.1 Å². The van der Waals surface area contributed by atoms with Crippen molar-refractivity contribution in [3.8, 4) is 11.1 Å². The fourth-order valence-electron chi connectivity index (χ4n) is 5.07. The van der Waals surface area contributed by atoms with E-state index in [1.54, 1.807) is 6.92 Å². The lowest BCUT2D eigenvalue weighted by Gasteiger charge is -2.39. The van der Waals surface area contributed by atoms with Gasteiger partial charge in [-0.2, -0.15) is 0 Å². The number of hydrogen-bond acceptors (Lipinski definition) is 5. The Bertz CT molecular complexity index is 1070. The zero-order chi connectivity index (χ0) is 25.1. The van der Waals surface area contributed by atoms with Crippen LogP contribution in [0.1, 0.15) is 49.7 Å². The summed E-state index contributed by atoms with van der Waals surface area (Å²) in [5.41, 5.74) is 2.13. The summed E-state index contributed by atoms with van der Waals surface area (Å²) in [5.74, 6) is -1.50. The molecule has 1 fully saturated rings. The van der Waals surface area contributed by atoms with Crippen LogP contribution in [0.15, 0.2) is 48.5 Å². The molecule has 0 spiro atoms. The lowest BCUT2D eigenvalue weighted by Crippen LogP contribution is -2.63. The summed E-state index contributed by atoms with van der Waals surface area (Å²) >= 11 is 0. The molecule has 35 heavy (non-hydrogen) atoms. The first kappa shape index (κ1) is 24.7. The molecule has 1 saturated carbocycles. The fraction of sp³-hybridized carbons (Fsp3) is 0.444. The van der Waals surface area contributed by atoms with Gasteiger partial charge in [0, 0.05) is 19.6 Å². The summed E-state index contributed by atoms with van der Waals surface area (Å²) < 4.78 is 10.9. The summed E-state index contributed by atoms with van der Waals surface area (Å²) in [5, 5.41) is 15.0. The number of ether oxygens (including phenoxy) is 2. The first-order valence-corrected chi connectivity index (χ1v) is 12.0. The summed E-state index contributed by atoms with van der Waals surface area (Å²) in [6, 6.07) is 16.1. The van der Waals surface area contributed by atoms with Gasteiger partial charge in [-0.3, -0.25) is 9.59 Å². The van der Waals surface area contributed by atoms with E-state index in [9.17, 15) is 19.5 Å². The molecular formula is C27H32N2O6. The molecule has 4 rings (SSSR count). The van der Waals surface area contributed by atoms with E-state index < -0.39 is 28.9 Å². The monoisotopic (exact) mass is 480 g/mol. The number of nitrogens with one attached hydrogen (secondary N) is 2. The number of carbonyl (C=O) groups is 3. The summed E-state index contributed by atoms with van der Waals surface area (Å²) in [6.45, 7) is 1.83. The minimum absolute atomic E-state index is 0.0129. The van der Waals surface area contributed by atoms with E-state index in [-0.39, 0.29) is 32.1 Å². The van der Waals surface area contributed by atoms with E-state index in [0.29, 0.717) is 12.8 Å². The normalized spacial score (nSPS) is 17.3. The van der Waals surface area contributed by atoms with Gasteiger partial charge in [0.05, 0.1) is 12.0 Å². The van der Waals surface area contributed by atoms with Crippen LogP contribution in [0.3, 0.4) is 0 Å². The van der Waals surface area contributed by atoms with Crippen molar-refractivity contribution >= 4 is 18.0 Å². The Morgan fingerprint density at radius 1 is 1.06 bits per heavy atom. The van der Waals surface area contributed by atoms with E-state index in [1.807, 2.05) is 36.4 Å². The number of alkyl carbamates (subject to hydrolysis) is 1. The number of carbonyl (C=O) groups excluding carboxylic acids is 2. The third kappa shape index (κ3) is 4.62. The molecule has 2 amide bonds. The maximum Gasteiger partial charge on any atom is 0.408 e. The second-order valence-corrected chi connectivity index (χ2v) is 9.44. The molecule has 3 N–H and O–H groups in total. The summed E-state index contributed by atoms with van der Waals surface area (Å²) in [7, 11) is 1.45. The SMILES string of the molecule is CCC(COC)(NC(=O)OCC1c2ccccc2-c2ccccc21)C(=O)NCC1(C(=O)O)CCC1. The standard InChI is InChI=1S/C27H32N2O6/c1-3-27(17-34-2,23(30)28-16-26(24(31)32)13-8-14-26)29-25(33)35-15-22-20-11-6-4-9-18(20)19-10-5-7-12-21(19)22/h4-7,9-12,22H,3,8,13-17H2,1-2H3,(H,28,30)(H,29,33)(H,31,32). The molecule has 1 atom stereocenters. The third-order valence-electron chi connectivity index (χ3n) is 7.47. The second-order valence-electron chi connectivity index (χ2n) is 9.44. The van der Waals surface area contributed by atoms with Gasteiger partial charge in [0.25, 0.3) is 0 Å². The van der Waals surface area contributed by atoms with Gasteiger partial charge >= 0.3 is 12.1 Å². The van der Waals surface area contributed by atoms with Gasteiger partial charge in [0.2, 0.25) is 5.91 Å². The molecular weight excluding hydrogens is 448 g/mol. The summed E-state index contributed by atoms with van der Waals surface area (Å²) in [6.07, 6.45) is 1.38. The third-order valence-corrected chi connectivity index (χ3v) is 7.47. The number of rotatable bonds is 10. The largest absolute Gasteiger partial charge is 0.481 e. The van der Waals surface area contributed by atoms with Crippen LogP contribution >= 0.6 is 0 Å². The predicted molar refractivity (Wildman–Crippen MR) is 130 cm³/mol. The smallest absolute Gasteiger partial charge is 0.408 e. The zero-order valence-corrected chi connectivity index (χ0v) is 20.1. The second kappa shape index (κ2) is 10.1. The summed E-state index contributed by atoms with van der Waals surface area (Å²) in [4.78, 5) is 37.7. The molecule has 0 radical (unpaired) electrons. The Balaban J connectivity index is 1.43. The van der Waals surface area contributed by atoms with Crippen molar-refractivity contribution in [1.29, 1.82) is 0 Å². The van der Waals surface area contributed by atoms with Gasteiger partial charge in [-0.05, 0) is 41.5 Å². The Hall–Kier alpha value is -3.39. The van der Waals surface area contributed by atoms with Crippen molar-refractivity contribution in [2.45, 2.75) is 44.1 Å². The molecule has 2 aliphatic rings. The molecule has 1 unspecified atom stereocenters. The molecule has 0 bridgehead atoms. The molecule has 8 nitrogen and oxygen atoms in total. The van der Waals surface area contributed by atoms with Gasteiger partial charge in [-0.15, -0.1) is 0 Å². The minimum Gasteiger partial charge on any atom is -0.481 e. The first-order chi connectivity index (χ1) is 16.9. The van der Waals surface area contributed by atoms with Crippen molar-refractivity contribution in [3.63, 3.8) is 0 Å². The molecule has 0 heterocycles. The molecule has 2 aromatic carbocycles. The maximum absolute atomic E-state index is 13.2. The van der Waals surface area contributed by atoms with Crippen LogP contribution in [0, 0.1) is 5.41 Å². The van der Waals surface area contributed by atoms with E-state index in [0.717, 1.165) is 28.7 Å². The number of benzene rings is 2. The van der Waals surface area contributed by atoms with Crippen molar-refractivity contribution in [1.82, 2.24) is 10.6 Å². The number of amides is 2. The highest BCUT2D eigenvalue weighted by Crippen LogP contribution is 2.44. The van der Waals surface area contributed by atoms with Gasteiger partial charge in [-0.1, -0.05) is 61.9 Å². The van der Waals surface area contributed by atoms with Crippen LogP contribution in [-0.2, 0) is 19.1 Å². The lowest BCUT2D eigenvalue weighted by atomic mass is 9.68. The van der Waals surface area contributed by atoms with E-state index in [2.05, 4.69) is 22.8 Å². The molecule has 0 aliphatic heterocycles. The van der Waals surface area contributed by atoms with Crippen LogP contribution in [0.4, 0.5) is 4.79 Å². The van der Waals surface area contributed by atoms with E-state index in [1.165, 1.54) is 7.11 Å². The quantitative estimate of drug-likeness (QED) is 0.478. The zero-order valence-electron chi connectivity index (χ0n) is 20.1. The highest BCUT2D eigenvalue weighted by molar-refractivity contribution is 5.91. The van der Waals surface area contributed by atoms with Crippen LogP contribution < -0.4 is 10.6 Å². The maximum atomic E-state index is 13.2. The number of carboxylic acid groups (broad SMARTS) is 1. The van der Waals surface area contributed by atoms with Crippen LogP contribution in [0.5, 0.6) is 0 Å². The highest BCUT2D eigenvalue weighted by atomic mass is 16.5. The van der Waals surface area contributed by atoms with E-state index >= 15 is 0 Å². The molecule has 2 aromatic rings. The number of fused-ring (bicyclic) bond motifs is 3. The van der Waals surface area contributed by atoms with Crippen molar-refractivity contribution in [2.75, 3.05) is 26.9 Å². The van der Waals surface area contributed by atoms with Crippen LogP contribution in [0.2, 0.25) is 0 Å². The van der Waals surface area contributed by atoms with Gasteiger partial charge in [0.15, 0.2) is 0 Å². The van der Waals surface area contributed by atoms with Crippen LogP contribution in [-0.4, -0.2) is 55.5 Å². The Kier molecular flexibility index (Phi) is 7.12. The average Bonchev–Trinajstić information content (AvgIpc) is 3.15. The number of hydrogen-bond donors (Lipinski definition) is 3. The average molecular weight is 481 g/mol. The molecule has 0 saturated heterocycles. The molecule has 2 aliphatic carbocycles. The topological polar surface area (TPSA) is 114 Å². The minimum atomic E-state index is -1.37. The van der Waals surface area contributed by atoms with E-state index in [4.69, 9.17) is 9.47 Å². The molecule has 186 valence electrons. The van der Waals surface area contributed by atoms with Gasteiger partial charge in [-0.25, -0.2) is 4.79 Å². The predicted octanol–water partition coefficient (Wildman–Crippen LogP) is 3.69. The van der Waals surface area contributed by atoms with Crippen molar-refractivity contribution in [2.24, 2.45) is 5.41 Å².